The zero-order valence-electron chi connectivity index (χ0n) is 16.3. The smallest absolute Gasteiger partial charge is 0.335 e. The number of carboxylic acids is 1. The average molecular weight is 418 g/mol. The molecule has 30 heavy (non-hydrogen) atoms. The fraction of sp³-hybridized carbons (Fsp3) is 0.0870. The van der Waals surface area contributed by atoms with Crippen LogP contribution in [0, 0.1) is 13.8 Å². The molecule has 0 spiro atoms. The number of amides is 1. The molecule has 1 saturated heterocycles. The van der Waals surface area contributed by atoms with Gasteiger partial charge < -0.3 is 14.8 Å². The molecule has 150 valence electrons. The fourth-order valence-electron chi connectivity index (χ4n) is 3.13. The number of hydrogen-bond acceptors (Lipinski definition) is 5. The molecular weight excluding hydrogens is 400 g/mol. The molecule has 1 aliphatic rings. The normalized spacial score (nSPS) is 16.3. The first-order valence-electron chi connectivity index (χ1n) is 9.19. The maximum Gasteiger partial charge on any atom is 0.335 e. The van der Waals surface area contributed by atoms with E-state index in [1.54, 1.807) is 36.4 Å². The van der Waals surface area contributed by atoms with Crippen molar-refractivity contribution in [1.82, 2.24) is 5.32 Å². The van der Waals surface area contributed by atoms with Crippen molar-refractivity contribution >= 4 is 40.6 Å². The van der Waals surface area contributed by atoms with Gasteiger partial charge in [-0.3, -0.25) is 4.79 Å². The summed E-state index contributed by atoms with van der Waals surface area (Å²) in [6.07, 6.45) is 1.65. The third-order valence-corrected chi connectivity index (χ3v) is 5.29. The van der Waals surface area contributed by atoms with Gasteiger partial charge in [-0.25, -0.2) is 9.79 Å². The zero-order valence-corrected chi connectivity index (χ0v) is 17.1. The van der Waals surface area contributed by atoms with Gasteiger partial charge in [-0.2, -0.15) is 0 Å². The maximum atomic E-state index is 12.3. The van der Waals surface area contributed by atoms with Crippen LogP contribution in [0.2, 0.25) is 0 Å². The lowest BCUT2D eigenvalue weighted by Gasteiger charge is -2.00. The van der Waals surface area contributed by atoms with Crippen LogP contribution in [0.3, 0.4) is 0 Å². The summed E-state index contributed by atoms with van der Waals surface area (Å²) in [5.41, 5.74) is 3.83. The van der Waals surface area contributed by atoms with Crippen molar-refractivity contribution in [1.29, 1.82) is 0 Å². The summed E-state index contributed by atoms with van der Waals surface area (Å²) < 4.78 is 5.80. The van der Waals surface area contributed by atoms with Crippen molar-refractivity contribution in [3.05, 3.63) is 82.0 Å². The third kappa shape index (κ3) is 4.36. The van der Waals surface area contributed by atoms with E-state index >= 15 is 0 Å². The van der Waals surface area contributed by atoms with Crippen LogP contribution in [-0.2, 0) is 4.79 Å². The molecule has 0 bridgehead atoms. The second-order valence-corrected chi connectivity index (χ2v) is 7.95. The van der Waals surface area contributed by atoms with Gasteiger partial charge in [-0.15, -0.1) is 0 Å². The SMILES string of the molecule is Cc1cc(C)cc(N=C2NC(=O)/C(=C/c3ccc(-c4cccc(C(=O)O)c4)o3)S2)c1. The van der Waals surface area contributed by atoms with Crippen LogP contribution in [0.25, 0.3) is 17.4 Å². The lowest BCUT2D eigenvalue weighted by molar-refractivity contribution is -0.115. The van der Waals surface area contributed by atoms with Crippen LogP contribution in [0.4, 0.5) is 5.69 Å². The highest BCUT2D eigenvalue weighted by molar-refractivity contribution is 8.18. The number of benzene rings is 2. The van der Waals surface area contributed by atoms with E-state index in [-0.39, 0.29) is 11.5 Å². The Balaban J connectivity index is 1.56. The number of carboxylic acid groups (broad SMARTS) is 1. The summed E-state index contributed by atoms with van der Waals surface area (Å²) in [6, 6.07) is 16.0. The van der Waals surface area contributed by atoms with Gasteiger partial charge in [0.25, 0.3) is 5.91 Å². The summed E-state index contributed by atoms with van der Waals surface area (Å²) in [4.78, 5) is 28.5. The minimum absolute atomic E-state index is 0.182. The Morgan fingerprint density at radius 3 is 2.60 bits per heavy atom. The quantitative estimate of drug-likeness (QED) is 0.572. The zero-order chi connectivity index (χ0) is 21.3. The molecule has 2 heterocycles. The number of hydrogen-bond donors (Lipinski definition) is 2. The van der Waals surface area contributed by atoms with Gasteiger partial charge in [0.15, 0.2) is 5.17 Å². The number of nitrogens with zero attached hydrogens (tertiary/aromatic N) is 1. The Bertz CT molecular complexity index is 1200. The second-order valence-electron chi connectivity index (χ2n) is 6.92. The average Bonchev–Trinajstić information content (AvgIpc) is 3.28. The Labute approximate surface area is 177 Å². The van der Waals surface area contributed by atoms with E-state index in [1.165, 1.54) is 17.8 Å². The molecule has 0 atom stereocenters. The fourth-order valence-corrected chi connectivity index (χ4v) is 3.96. The van der Waals surface area contributed by atoms with Crippen molar-refractivity contribution in [3.8, 4) is 11.3 Å². The number of aliphatic imine (C=N–C) groups is 1. The molecule has 2 N–H and O–H groups in total. The van der Waals surface area contributed by atoms with E-state index in [0.717, 1.165) is 16.8 Å². The molecule has 1 amide bonds. The number of thioether (sulfide) groups is 1. The molecule has 1 fully saturated rings. The van der Waals surface area contributed by atoms with Gasteiger partial charge in [0.2, 0.25) is 0 Å². The third-order valence-electron chi connectivity index (χ3n) is 4.38. The first-order chi connectivity index (χ1) is 14.4. The van der Waals surface area contributed by atoms with Gasteiger partial charge in [-0.1, -0.05) is 18.2 Å². The van der Waals surface area contributed by atoms with Crippen LogP contribution in [0.15, 0.2) is 68.9 Å². The van der Waals surface area contributed by atoms with E-state index in [4.69, 9.17) is 9.52 Å². The molecule has 1 aromatic heterocycles. The summed E-state index contributed by atoms with van der Waals surface area (Å²) in [5, 5.41) is 12.4. The predicted octanol–water partition coefficient (Wildman–Crippen LogP) is 5.15. The summed E-state index contributed by atoms with van der Waals surface area (Å²) in [6.45, 7) is 4.01. The molecule has 4 rings (SSSR count). The van der Waals surface area contributed by atoms with E-state index in [0.29, 0.717) is 27.2 Å². The molecule has 1 aliphatic heterocycles. The minimum Gasteiger partial charge on any atom is -0.478 e. The minimum atomic E-state index is -1.000. The van der Waals surface area contributed by atoms with Gasteiger partial charge in [0, 0.05) is 11.6 Å². The van der Waals surface area contributed by atoms with Gasteiger partial charge >= 0.3 is 5.97 Å². The highest BCUT2D eigenvalue weighted by atomic mass is 32.2. The number of carbonyl (C=O) groups excluding carboxylic acids is 1. The first-order valence-corrected chi connectivity index (χ1v) is 10.0. The number of amidine groups is 1. The van der Waals surface area contributed by atoms with Crippen molar-refractivity contribution in [2.24, 2.45) is 4.99 Å². The van der Waals surface area contributed by atoms with Crippen LogP contribution in [0.5, 0.6) is 0 Å². The summed E-state index contributed by atoms with van der Waals surface area (Å²) in [5.74, 6) is -0.220. The largest absolute Gasteiger partial charge is 0.478 e. The molecule has 2 aromatic carbocycles. The lowest BCUT2D eigenvalue weighted by Crippen LogP contribution is -2.19. The number of furan rings is 1. The first kappa shape index (κ1) is 19.7. The van der Waals surface area contributed by atoms with Gasteiger partial charge in [0.1, 0.15) is 11.5 Å². The standard InChI is InChI=1S/C23H18N2O4S/c1-13-8-14(2)10-17(9-13)24-23-25-21(26)20(30-23)12-18-6-7-19(29-18)15-4-3-5-16(11-15)22(27)28/h3-12H,1-2H3,(H,27,28)(H,24,25,26)/b20-12-. The number of rotatable bonds is 4. The molecule has 0 saturated carbocycles. The van der Waals surface area contributed by atoms with Crippen LogP contribution in [-0.4, -0.2) is 22.2 Å². The molecule has 6 nitrogen and oxygen atoms in total. The van der Waals surface area contributed by atoms with E-state index in [9.17, 15) is 9.59 Å². The van der Waals surface area contributed by atoms with Gasteiger partial charge in [-0.05, 0) is 73.1 Å². The Morgan fingerprint density at radius 1 is 1.10 bits per heavy atom. The molecule has 0 aliphatic carbocycles. The molecule has 7 heteroatoms. The second kappa shape index (κ2) is 8.04. The number of nitrogens with one attached hydrogen (secondary N) is 1. The van der Waals surface area contributed by atoms with E-state index in [2.05, 4.69) is 16.4 Å². The van der Waals surface area contributed by atoms with Gasteiger partial charge in [0.05, 0.1) is 16.2 Å². The Hall–Kier alpha value is -3.58. The Morgan fingerprint density at radius 2 is 1.87 bits per heavy atom. The monoisotopic (exact) mass is 418 g/mol. The van der Waals surface area contributed by atoms with Crippen LogP contribution in [0.1, 0.15) is 27.2 Å². The van der Waals surface area contributed by atoms with Crippen LogP contribution < -0.4 is 5.32 Å². The van der Waals surface area contributed by atoms with Crippen molar-refractivity contribution in [2.75, 3.05) is 0 Å². The van der Waals surface area contributed by atoms with Crippen LogP contribution >= 0.6 is 11.8 Å². The number of carbonyl (C=O) groups is 2. The Kier molecular flexibility index (Phi) is 5.29. The molecule has 3 aromatic rings. The predicted molar refractivity (Wildman–Crippen MR) is 118 cm³/mol. The summed E-state index contributed by atoms with van der Waals surface area (Å²) >= 11 is 1.24. The molecular formula is C23H18N2O4S. The summed E-state index contributed by atoms with van der Waals surface area (Å²) in [7, 11) is 0. The van der Waals surface area contributed by atoms with E-state index in [1.807, 2.05) is 26.0 Å². The highest BCUT2D eigenvalue weighted by Crippen LogP contribution is 2.30. The topological polar surface area (TPSA) is 91.9 Å². The number of aryl methyl sites for hydroxylation is 2. The van der Waals surface area contributed by atoms with E-state index < -0.39 is 5.97 Å². The number of aromatic carboxylic acids is 1. The molecule has 0 unspecified atom stereocenters. The lowest BCUT2D eigenvalue weighted by atomic mass is 10.1. The maximum absolute atomic E-state index is 12.3. The van der Waals surface area contributed by atoms with Crippen molar-refractivity contribution in [2.45, 2.75) is 13.8 Å². The van der Waals surface area contributed by atoms with Crippen molar-refractivity contribution < 1.29 is 19.1 Å². The highest BCUT2D eigenvalue weighted by Gasteiger charge is 2.24. The van der Waals surface area contributed by atoms with Crippen molar-refractivity contribution in [3.63, 3.8) is 0 Å². The molecule has 0 radical (unpaired) electrons.